The van der Waals surface area contributed by atoms with Gasteiger partial charge in [0.2, 0.25) is 10.0 Å². The summed E-state index contributed by atoms with van der Waals surface area (Å²) in [7, 11) is -2.31. The highest BCUT2D eigenvalue weighted by molar-refractivity contribution is 7.89. The van der Waals surface area contributed by atoms with Crippen molar-refractivity contribution in [2.45, 2.75) is 51.2 Å². The second kappa shape index (κ2) is 18.0. The second-order valence-electron chi connectivity index (χ2n) is 9.94. The maximum Gasteiger partial charge on any atom is 0.244 e. The highest BCUT2D eigenvalue weighted by Crippen LogP contribution is 2.30. The summed E-state index contributed by atoms with van der Waals surface area (Å²) in [6, 6.07) is 10.1. The lowest BCUT2D eigenvalue weighted by atomic mass is 9.89. The van der Waals surface area contributed by atoms with Crippen molar-refractivity contribution in [3.05, 3.63) is 72.6 Å². The minimum atomic E-state index is -3.76. The van der Waals surface area contributed by atoms with Crippen LogP contribution in [0.3, 0.4) is 0 Å². The number of hydrogen-bond acceptors (Lipinski definition) is 8. The molecule has 0 saturated carbocycles. The molecule has 0 amide bonds. The van der Waals surface area contributed by atoms with E-state index in [2.05, 4.69) is 18.1 Å². The zero-order chi connectivity index (χ0) is 32.0. The SMILES string of the molecule is C=C.CCOC(C)OCC.COc1ccc2c(c1)S(=O)(=O)N(CCCN1CCC(C(=O)c3ccc(F)cc3)CC1)CC2=O. The molecule has 0 aromatic heterocycles. The minimum absolute atomic E-state index is 0.00165. The van der Waals surface area contributed by atoms with Crippen LogP contribution < -0.4 is 4.74 Å². The average molecular weight is 621 g/mol. The van der Waals surface area contributed by atoms with Gasteiger partial charge in [-0.05, 0) is 96.1 Å². The number of carbonyl (C=O) groups excluding carboxylic acids is 2. The van der Waals surface area contributed by atoms with Crippen LogP contribution in [0.2, 0.25) is 0 Å². The van der Waals surface area contributed by atoms with E-state index in [-0.39, 0.29) is 53.1 Å². The van der Waals surface area contributed by atoms with Crippen LogP contribution in [0.25, 0.3) is 0 Å². The lowest BCUT2D eigenvalue weighted by Gasteiger charge is -2.32. The van der Waals surface area contributed by atoms with Gasteiger partial charge in [0, 0.05) is 42.9 Å². The molecule has 2 aromatic carbocycles. The number of ketones is 2. The summed E-state index contributed by atoms with van der Waals surface area (Å²) in [5.41, 5.74) is 0.742. The first-order chi connectivity index (χ1) is 20.6. The Morgan fingerprint density at radius 2 is 1.63 bits per heavy atom. The minimum Gasteiger partial charge on any atom is -0.497 e. The summed E-state index contributed by atoms with van der Waals surface area (Å²) >= 11 is 0. The molecule has 0 spiro atoms. The van der Waals surface area contributed by atoms with Crippen LogP contribution in [-0.2, 0) is 19.5 Å². The first-order valence-electron chi connectivity index (χ1n) is 14.6. The van der Waals surface area contributed by atoms with Crippen molar-refractivity contribution < 1.29 is 36.6 Å². The van der Waals surface area contributed by atoms with E-state index >= 15 is 0 Å². The van der Waals surface area contributed by atoms with Crippen molar-refractivity contribution in [2.75, 3.05) is 53.0 Å². The Morgan fingerprint density at radius 3 is 2.19 bits per heavy atom. The number of Topliss-reactive ketones (excluding diaryl/α,β-unsaturated/α-hetero) is 2. The smallest absolute Gasteiger partial charge is 0.244 e. The van der Waals surface area contributed by atoms with Crippen molar-refractivity contribution >= 4 is 21.6 Å². The van der Waals surface area contributed by atoms with E-state index < -0.39 is 10.0 Å². The van der Waals surface area contributed by atoms with Gasteiger partial charge in [0.05, 0.1) is 18.6 Å². The summed E-state index contributed by atoms with van der Waals surface area (Å²) in [5, 5.41) is 0. The molecule has 2 aliphatic rings. The Bertz CT molecular complexity index is 1270. The number of benzene rings is 2. The number of halogens is 1. The third-order valence-electron chi connectivity index (χ3n) is 7.20. The molecule has 0 N–H and O–H groups in total. The maximum atomic E-state index is 13.1. The number of fused-ring (bicyclic) bond motifs is 1. The second-order valence-corrected chi connectivity index (χ2v) is 11.8. The van der Waals surface area contributed by atoms with Crippen LogP contribution in [0.15, 0.2) is 60.5 Å². The number of rotatable bonds is 11. The Balaban J connectivity index is 0.000000561. The molecule has 238 valence electrons. The number of carbonyl (C=O) groups is 2. The molecule has 2 aliphatic heterocycles. The number of hydrogen-bond donors (Lipinski definition) is 0. The molecule has 4 rings (SSSR count). The number of sulfonamides is 1. The van der Waals surface area contributed by atoms with Crippen molar-refractivity contribution in [2.24, 2.45) is 5.92 Å². The molecule has 9 nitrogen and oxygen atoms in total. The van der Waals surface area contributed by atoms with Gasteiger partial charge in [-0.25, -0.2) is 12.8 Å². The summed E-state index contributed by atoms with van der Waals surface area (Å²) < 4.78 is 55.6. The standard InChI is InChI=1S/C24H27FN2O5S.C6H14O2.C2H4/c1-32-20-7-8-21-22(28)16-27(33(30,31)23(21)15-20)12-2-11-26-13-9-18(10-14-26)24(29)17-3-5-19(25)6-4-17;1-4-7-6(3)8-5-2;1-2/h3-8,15,18H,2,9-14,16H2,1H3;6H,4-5H2,1-3H3;1-2H2. The monoisotopic (exact) mass is 620 g/mol. The van der Waals surface area contributed by atoms with Crippen LogP contribution in [0.5, 0.6) is 5.75 Å². The predicted molar refractivity (Wildman–Crippen MR) is 165 cm³/mol. The van der Waals surface area contributed by atoms with Crippen molar-refractivity contribution in [1.82, 2.24) is 9.21 Å². The Morgan fingerprint density at radius 1 is 1.02 bits per heavy atom. The average Bonchev–Trinajstić information content (AvgIpc) is 3.01. The molecule has 11 heteroatoms. The number of piperidine rings is 1. The topological polar surface area (TPSA) is 102 Å². The van der Waals surface area contributed by atoms with Crippen LogP contribution in [0, 0.1) is 11.7 Å². The fraction of sp³-hybridized carbons (Fsp3) is 0.500. The Kier molecular flexibility index (Phi) is 15.2. The Hall–Kier alpha value is -2.96. The van der Waals surface area contributed by atoms with E-state index in [1.165, 1.54) is 47.8 Å². The van der Waals surface area contributed by atoms with Crippen LogP contribution in [0.1, 0.15) is 60.7 Å². The van der Waals surface area contributed by atoms with E-state index in [9.17, 15) is 22.4 Å². The first-order valence-corrected chi connectivity index (χ1v) is 16.0. The van der Waals surface area contributed by atoms with E-state index in [1.807, 2.05) is 20.8 Å². The molecular weight excluding hydrogens is 575 g/mol. The molecular formula is C32H45FN2O7S. The van der Waals surface area contributed by atoms with Gasteiger partial charge in [-0.3, -0.25) is 9.59 Å². The van der Waals surface area contributed by atoms with Crippen LogP contribution in [-0.4, -0.2) is 88.5 Å². The number of likely N-dealkylation sites (tertiary alicyclic amines) is 1. The van der Waals surface area contributed by atoms with Gasteiger partial charge in [-0.2, -0.15) is 4.31 Å². The highest BCUT2D eigenvalue weighted by atomic mass is 32.2. The molecule has 0 aliphatic carbocycles. The third-order valence-corrected chi connectivity index (χ3v) is 9.08. The number of methoxy groups -OCH3 is 1. The van der Waals surface area contributed by atoms with Gasteiger partial charge in [0.15, 0.2) is 17.9 Å². The lowest BCUT2D eigenvalue weighted by molar-refractivity contribution is -0.123. The predicted octanol–water partition coefficient (Wildman–Crippen LogP) is 5.21. The van der Waals surface area contributed by atoms with Crippen molar-refractivity contribution in [3.63, 3.8) is 0 Å². The number of nitrogens with zero attached hydrogens (tertiary/aromatic N) is 2. The zero-order valence-electron chi connectivity index (χ0n) is 25.7. The fourth-order valence-corrected chi connectivity index (χ4v) is 6.66. The van der Waals surface area contributed by atoms with Crippen LogP contribution >= 0.6 is 0 Å². The molecule has 0 atom stereocenters. The molecule has 0 bridgehead atoms. The van der Waals surface area contributed by atoms with Gasteiger partial charge in [-0.1, -0.05) is 0 Å². The van der Waals surface area contributed by atoms with Gasteiger partial charge in [0.1, 0.15) is 11.6 Å². The van der Waals surface area contributed by atoms with Gasteiger partial charge in [-0.15, -0.1) is 13.2 Å². The van der Waals surface area contributed by atoms with E-state index in [4.69, 9.17) is 14.2 Å². The molecule has 2 aromatic rings. The normalized spacial score (nSPS) is 16.8. The first kappa shape index (κ1) is 36.2. The summed E-state index contributed by atoms with van der Waals surface area (Å²) in [5.74, 6) is -0.228. The maximum absolute atomic E-state index is 13.1. The molecule has 0 radical (unpaired) electrons. The zero-order valence-corrected chi connectivity index (χ0v) is 26.5. The molecule has 0 unspecified atom stereocenters. The summed E-state index contributed by atoms with van der Waals surface area (Å²) in [6.45, 7) is 15.5. The highest BCUT2D eigenvalue weighted by Gasteiger charge is 2.36. The van der Waals surface area contributed by atoms with Gasteiger partial charge < -0.3 is 19.1 Å². The third kappa shape index (κ3) is 10.3. The summed E-state index contributed by atoms with van der Waals surface area (Å²) in [6.07, 6.45) is 1.97. The lowest BCUT2D eigenvalue weighted by Crippen LogP contribution is -2.43. The number of ether oxygens (including phenoxy) is 3. The molecule has 2 heterocycles. The Labute approximate surface area is 255 Å². The van der Waals surface area contributed by atoms with Crippen LogP contribution in [0.4, 0.5) is 4.39 Å². The van der Waals surface area contributed by atoms with Gasteiger partial charge >= 0.3 is 0 Å². The van der Waals surface area contributed by atoms with E-state index in [1.54, 1.807) is 6.07 Å². The van der Waals surface area contributed by atoms with Crippen molar-refractivity contribution in [3.8, 4) is 5.75 Å². The molecule has 1 saturated heterocycles. The van der Waals surface area contributed by atoms with E-state index in [0.29, 0.717) is 37.1 Å². The molecule has 43 heavy (non-hydrogen) atoms. The molecule has 1 fully saturated rings. The quantitative estimate of drug-likeness (QED) is 0.192. The summed E-state index contributed by atoms with van der Waals surface area (Å²) in [4.78, 5) is 27.3. The van der Waals surface area contributed by atoms with E-state index in [0.717, 1.165) is 26.3 Å². The largest absolute Gasteiger partial charge is 0.497 e. The van der Waals surface area contributed by atoms with Gasteiger partial charge in [0.25, 0.3) is 0 Å². The van der Waals surface area contributed by atoms with Crippen molar-refractivity contribution in [1.29, 1.82) is 0 Å². The fourth-order valence-electron chi connectivity index (χ4n) is 5.00.